The molecule has 0 saturated heterocycles. The highest BCUT2D eigenvalue weighted by atomic mass is 79.9. The van der Waals surface area contributed by atoms with Crippen molar-refractivity contribution in [2.45, 2.75) is 32.4 Å². The molecule has 1 fully saturated rings. The van der Waals surface area contributed by atoms with Crippen molar-refractivity contribution in [3.8, 4) is 0 Å². The van der Waals surface area contributed by atoms with Crippen molar-refractivity contribution in [2.24, 2.45) is 5.92 Å². The Kier molecular flexibility index (Phi) is 3.83. The third kappa shape index (κ3) is 2.69. The molecule has 1 saturated carbocycles. The lowest BCUT2D eigenvalue weighted by molar-refractivity contribution is 0.0487. The maximum Gasteiger partial charge on any atom is 0.283 e. The summed E-state index contributed by atoms with van der Waals surface area (Å²) in [6.07, 6.45) is 3.19. The Bertz CT molecular complexity index is 455. The van der Waals surface area contributed by atoms with Crippen LogP contribution in [-0.2, 0) is 6.54 Å². The zero-order valence-corrected chi connectivity index (χ0v) is 11.3. The second-order valence-corrected chi connectivity index (χ2v) is 5.16. The molecule has 0 bridgehead atoms. The number of aliphatic hydroxyl groups is 1. The number of aromatic nitrogens is 2. The van der Waals surface area contributed by atoms with Gasteiger partial charge in [0.2, 0.25) is 0 Å². The number of nitrogens with zero attached hydrogens (tertiary/aromatic N) is 2. The predicted molar refractivity (Wildman–Crippen MR) is 69.1 cm³/mol. The molecule has 0 aliphatic heterocycles. The summed E-state index contributed by atoms with van der Waals surface area (Å²) in [6.45, 7) is 3.21. The highest BCUT2D eigenvalue weighted by Gasteiger charge is 2.26. The number of halogens is 1. The second-order valence-electron chi connectivity index (χ2n) is 4.37. The van der Waals surface area contributed by atoms with Gasteiger partial charge in [-0.05, 0) is 41.6 Å². The van der Waals surface area contributed by atoms with E-state index in [0.717, 1.165) is 25.1 Å². The molecule has 1 heterocycles. The van der Waals surface area contributed by atoms with E-state index in [1.807, 2.05) is 6.92 Å². The molecular weight excluding hydrogens is 286 g/mol. The van der Waals surface area contributed by atoms with Crippen LogP contribution < -0.4 is 10.9 Å². The van der Waals surface area contributed by atoms with Crippen molar-refractivity contribution in [1.82, 2.24) is 9.78 Å². The zero-order chi connectivity index (χ0) is 12.4. The van der Waals surface area contributed by atoms with Crippen LogP contribution in [-0.4, -0.2) is 27.5 Å². The van der Waals surface area contributed by atoms with Gasteiger partial charge in [0, 0.05) is 13.1 Å². The molecule has 94 valence electrons. The minimum absolute atomic E-state index is 0.119. The van der Waals surface area contributed by atoms with Crippen LogP contribution in [0, 0.1) is 5.92 Å². The molecule has 0 spiro atoms. The molecule has 17 heavy (non-hydrogen) atoms. The lowest BCUT2D eigenvalue weighted by atomic mass is 9.82. The number of hydrogen-bond acceptors (Lipinski definition) is 4. The van der Waals surface area contributed by atoms with E-state index in [2.05, 4.69) is 26.3 Å². The summed E-state index contributed by atoms with van der Waals surface area (Å²) in [5.74, 6) is 0.491. The Morgan fingerprint density at radius 1 is 1.65 bits per heavy atom. The number of aliphatic hydroxyl groups excluding tert-OH is 1. The largest absolute Gasteiger partial charge is 0.393 e. The summed E-state index contributed by atoms with van der Waals surface area (Å²) in [6, 6.07) is 0. The van der Waals surface area contributed by atoms with E-state index in [4.69, 9.17) is 0 Å². The van der Waals surface area contributed by atoms with Crippen LogP contribution in [0.3, 0.4) is 0 Å². The van der Waals surface area contributed by atoms with Crippen LogP contribution >= 0.6 is 15.9 Å². The van der Waals surface area contributed by atoms with Crippen molar-refractivity contribution < 1.29 is 5.11 Å². The minimum Gasteiger partial charge on any atom is -0.393 e. The Hall–Kier alpha value is -0.880. The number of rotatable bonds is 4. The number of hydrogen-bond donors (Lipinski definition) is 2. The maximum atomic E-state index is 11.8. The van der Waals surface area contributed by atoms with Gasteiger partial charge in [-0.1, -0.05) is 0 Å². The van der Waals surface area contributed by atoms with Crippen molar-refractivity contribution in [1.29, 1.82) is 0 Å². The topological polar surface area (TPSA) is 67.2 Å². The lowest BCUT2D eigenvalue weighted by Crippen LogP contribution is -2.33. The predicted octanol–water partition coefficient (Wildman–Crippen LogP) is 1.21. The van der Waals surface area contributed by atoms with Gasteiger partial charge >= 0.3 is 0 Å². The Labute approximate surface area is 108 Å². The van der Waals surface area contributed by atoms with Crippen LogP contribution in [0.2, 0.25) is 0 Å². The SMILES string of the molecule is CCn1ncc(NCC2CC(O)C2)c(Br)c1=O. The van der Waals surface area contributed by atoms with Crippen LogP contribution in [0.5, 0.6) is 0 Å². The average Bonchev–Trinajstić information content (AvgIpc) is 2.28. The van der Waals surface area contributed by atoms with Gasteiger partial charge in [0.1, 0.15) is 4.47 Å². The molecule has 2 rings (SSSR count). The van der Waals surface area contributed by atoms with Gasteiger partial charge in [-0.25, -0.2) is 4.68 Å². The fourth-order valence-corrected chi connectivity index (χ4v) is 2.38. The third-order valence-corrected chi connectivity index (χ3v) is 3.84. The first kappa shape index (κ1) is 12.6. The Morgan fingerprint density at radius 3 is 2.94 bits per heavy atom. The molecule has 1 aliphatic rings. The fraction of sp³-hybridized carbons (Fsp3) is 0.636. The van der Waals surface area contributed by atoms with Gasteiger partial charge in [0.25, 0.3) is 5.56 Å². The molecule has 1 aromatic heterocycles. The van der Waals surface area contributed by atoms with E-state index in [0.29, 0.717) is 16.9 Å². The first-order valence-electron chi connectivity index (χ1n) is 5.79. The summed E-state index contributed by atoms with van der Waals surface area (Å²) in [7, 11) is 0. The summed E-state index contributed by atoms with van der Waals surface area (Å²) < 4.78 is 1.93. The second kappa shape index (κ2) is 5.18. The van der Waals surface area contributed by atoms with Crippen LogP contribution in [0.1, 0.15) is 19.8 Å². The number of anilines is 1. The standard InChI is InChI=1S/C11H16BrN3O2/c1-2-15-11(17)10(12)9(6-14-15)13-5-7-3-8(16)4-7/h6-8,13,16H,2-5H2,1H3. The molecule has 5 nitrogen and oxygen atoms in total. The summed E-state index contributed by atoms with van der Waals surface area (Å²) in [5.41, 5.74) is 0.604. The van der Waals surface area contributed by atoms with Crippen molar-refractivity contribution in [3.63, 3.8) is 0 Å². The van der Waals surface area contributed by atoms with E-state index in [9.17, 15) is 9.90 Å². The molecule has 0 radical (unpaired) electrons. The summed E-state index contributed by atoms with van der Waals surface area (Å²) in [4.78, 5) is 11.8. The van der Waals surface area contributed by atoms with Gasteiger partial charge < -0.3 is 10.4 Å². The summed E-state index contributed by atoms with van der Waals surface area (Å²) >= 11 is 3.29. The van der Waals surface area contributed by atoms with E-state index in [1.54, 1.807) is 6.20 Å². The summed E-state index contributed by atoms with van der Waals surface area (Å²) in [5, 5.41) is 16.4. The quantitative estimate of drug-likeness (QED) is 0.877. The minimum atomic E-state index is -0.142. The Morgan fingerprint density at radius 2 is 2.35 bits per heavy atom. The molecule has 1 aromatic rings. The van der Waals surface area contributed by atoms with Gasteiger partial charge in [-0.2, -0.15) is 5.10 Å². The van der Waals surface area contributed by atoms with Crippen LogP contribution in [0.25, 0.3) is 0 Å². The highest BCUT2D eigenvalue weighted by Crippen LogP contribution is 2.27. The molecule has 1 aliphatic carbocycles. The zero-order valence-electron chi connectivity index (χ0n) is 9.69. The molecule has 2 N–H and O–H groups in total. The van der Waals surface area contributed by atoms with E-state index in [1.165, 1.54) is 4.68 Å². The lowest BCUT2D eigenvalue weighted by Gasteiger charge is -2.31. The molecule has 0 unspecified atom stereocenters. The highest BCUT2D eigenvalue weighted by molar-refractivity contribution is 9.10. The smallest absolute Gasteiger partial charge is 0.283 e. The van der Waals surface area contributed by atoms with E-state index < -0.39 is 0 Å². The molecule has 6 heteroatoms. The maximum absolute atomic E-state index is 11.8. The first-order valence-corrected chi connectivity index (χ1v) is 6.58. The van der Waals surface area contributed by atoms with Crippen LogP contribution in [0.15, 0.2) is 15.5 Å². The van der Waals surface area contributed by atoms with Gasteiger partial charge in [0.15, 0.2) is 0 Å². The van der Waals surface area contributed by atoms with Gasteiger partial charge in [0.05, 0.1) is 18.0 Å². The molecule has 0 atom stereocenters. The molecular formula is C11H16BrN3O2. The fourth-order valence-electron chi connectivity index (χ4n) is 1.94. The molecule has 0 amide bonds. The third-order valence-electron chi connectivity index (χ3n) is 3.08. The Balaban J connectivity index is 2.01. The van der Waals surface area contributed by atoms with Crippen LogP contribution in [0.4, 0.5) is 5.69 Å². The van der Waals surface area contributed by atoms with Gasteiger partial charge in [-0.3, -0.25) is 4.79 Å². The van der Waals surface area contributed by atoms with Crippen molar-refractivity contribution >= 4 is 21.6 Å². The average molecular weight is 302 g/mol. The van der Waals surface area contributed by atoms with Gasteiger partial charge in [-0.15, -0.1) is 0 Å². The molecule has 0 aromatic carbocycles. The van der Waals surface area contributed by atoms with Crippen molar-refractivity contribution in [2.75, 3.05) is 11.9 Å². The van der Waals surface area contributed by atoms with Crippen molar-refractivity contribution in [3.05, 3.63) is 21.0 Å². The number of nitrogens with one attached hydrogen (secondary N) is 1. The van der Waals surface area contributed by atoms with E-state index >= 15 is 0 Å². The monoisotopic (exact) mass is 301 g/mol. The number of aryl methyl sites for hydroxylation is 1. The first-order chi connectivity index (χ1) is 8.11. The normalized spacial score (nSPS) is 23.2. The van der Waals surface area contributed by atoms with E-state index in [-0.39, 0.29) is 11.7 Å².